The van der Waals surface area contributed by atoms with Gasteiger partial charge < -0.3 is 5.73 Å². The third-order valence-corrected chi connectivity index (χ3v) is 2.97. The third-order valence-electron chi connectivity index (χ3n) is 2.48. The minimum absolute atomic E-state index is 0.173. The van der Waals surface area contributed by atoms with Crippen LogP contribution in [0.2, 0.25) is 0 Å². The summed E-state index contributed by atoms with van der Waals surface area (Å²) in [6, 6.07) is 2.22. The molecule has 0 fully saturated rings. The van der Waals surface area contributed by atoms with E-state index < -0.39 is 23.7 Å². The molecule has 0 bridgehead atoms. The van der Waals surface area contributed by atoms with Gasteiger partial charge in [-0.3, -0.25) is 0 Å². The fraction of sp³-hybridized carbons (Fsp3) is 0.455. The molecule has 1 rings (SSSR count). The van der Waals surface area contributed by atoms with Crippen LogP contribution in [0.3, 0.4) is 0 Å². The Balaban J connectivity index is 3.14. The lowest BCUT2D eigenvalue weighted by Gasteiger charge is -2.27. The van der Waals surface area contributed by atoms with Crippen molar-refractivity contribution in [2.45, 2.75) is 25.8 Å². The van der Waals surface area contributed by atoms with Crippen LogP contribution in [0.15, 0.2) is 22.7 Å². The molecule has 2 N–H and O–H groups in total. The van der Waals surface area contributed by atoms with E-state index in [1.165, 1.54) is 26.0 Å². The molecule has 0 aromatic heterocycles. The predicted molar refractivity (Wildman–Crippen MR) is 60.8 cm³/mol. The molecule has 1 nitrogen and oxygen atoms in total. The summed E-state index contributed by atoms with van der Waals surface area (Å²) < 4.78 is 41.2. The maximum atomic E-state index is 13.6. The van der Waals surface area contributed by atoms with Crippen molar-refractivity contribution in [3.63, 3.8) is 0 Å². The molecule has 0 aliphatic carbocycles. The van der Waals surface area contributed by atoms with E-state index in [-0.39, 0.29) is 5.56 Å². The molecule has 1 unspecified atom stereocenters. The second-order valence-corrected chi connectivity index (χ2v) is 4.89. The normalized spacial score (nSPS) is 14.2. The number of benzene rings is 1. The Morgan fingerprint density at radius 2 is 1.88 bits per heavy atom. The summed E-state index contributed by atoms with van der Waals surface area (Å²) in [6.45, 7) is 2.71. The molecule has 0 heterocycles. The summed E-state index contributed by atoms with van der Waals surface area (Å²) in [4.78, 5) is 0. The first-order valence-corrected chi connectivity index (χ1v) is 5.64. The van der Waals surface area contributed by atoms with Crippen LogP contribution in [0.25, 0.3) is 0 Å². The summed E-state index contributed by atoms with van der Waals surface area (Å²) in [6.07, 6.45) is 0. The van der Waals surface area contributed by atoms with Crippen LogP contribution < -0.4 is 5.73 Å². The third kappa shape index (κ3) is 2.58. The van der Waals surface area contributed by atoms with Crippen molar-refractivity contribution in [1.82, 2.24) is 0 Å². The van der Waals surface area contributed by atoms with Crippen molar-refractivity contribution in [2.75, 3.05) is 0 Å². The van der Waals surface area contributed by atoms with Gasteiger partial charge in [-0.15, -0.1) is 0 Å². The molecule has 0 radical (unpaired) electrons. The Morgan fingerprint density at radius 3 is 2.38 bits per heavy atom. The second kappa shape index (κ2) is 4.75. The highest BCUT2D eigenvalue weighted by Gasteiger charge is 2.42. The Labute approximate surface area is 101 Å². The highest BCUT2D eigenvalue weighted by molar-refractivity contribution is 9.10. The molecule has 1 aromatic rings. The summed E-state index contributed by atoms with van der Waals surface area (Å²) >= 11 is 3.10. The largest absolute Gasteiger partial charge is 0.319 e. The van der Waals surface area contributed by atoms with E-state index >= 15 is 0 Å². The first-order chi connectivity index (χ1) is 7.26. The predicted octanol–water partition coefficient (Wildman–Crippen LogP) is 3.88. The molecule has 1 atom stereocenters. The summed E-state index contributed by atoms with van der Waals surface area (Å²) in [5.41, 5.74) is 5.26. The molecule has 0 spiro atoms. The molecule has 0 saturated carbocycles. The van der Waals surface area contributed by atoms with Gasteiger partial charge in [0.05, 0.1) is 6.04 Å². The fourth-order valence-electron chi connectivity index (χ4n) is 1.32. The molecule has 0 saturated heterocycles. The monoisotopic (exact) mass is 295 g/mol. The van der Waals surface area contributed by atoms with Crippen molar-refractivity contribution >= 4 is 15.9 Å². The number of halogens is 4. The number of rotatable bonds is 3. The highest BCUT2D eigenvalue weighted by atomic mass is 79.9. The Hall–Kier alpha value is -0.550. The van der Waals surface area contributed by atoms with Crippen LogP contribution >= 0.6 is 15.9 Å². The van der Waals surface area contributed by atoms with Crippen molar-refractivity contribution in [1.29, 1.82) is 0 Å². The molecule has 5 heteroatoms. The van der Waals surface area contributed by atoms with Gasteiger partial charge in [0, 0.05) is 16.0 Å². The van der Waals surface area contributed by atoms with Gasteiger partial charge in [-0.1, -0.05) is 29.8 Å². The average molecular weight is 296 g/mol. The molecule has 0 aliphatic heterocycles. The van der Waals surface area contributed by atoms with E-state index in [2.05, 4.69) is 15.9 Å². The van der Waals surface area contributed by atoms with Crippen molar-refractivity contribution in [3.05, 3.63) is 34.1 Å². The Kier molecular flexibility index (Phi) is 4.02. The van der Waals surface area contributed by atoms with Crippen LogP contribution in [0.5, 0.6) is 0 Å². The van der Waals surface area contributed by atoms with Gasteiger partial charge >= 0.3 is 0 Å². The first-order valence-electron chi connectivity index (χ1n) is 4.85. The van der Waals surface area contributed by atoms with Crippen molar-refractivity contribution in [3.8, 4) is 0 Å². The Bertz CT molecular complexity index is 379. The summed E-state index contributed by atoms with van der Waals surface area (Å²) in [5, 5.41) is 0. The maximum absolute atomic E-state index is 13.6. The number of nitrogens with two attached hydrogens (primary N) is 1. The van der Waals surface area contributed by atoms with Gasteiger partial charge in [0.2, 0.25) is 0 Å². The van der Waals surface area contributed by atoms with Gasteiger partial charge in [-0.25, -0.2) is 13.2 Å². The van der Waals surface area contributed by atoms with E-state index in [4.69, 9.17) is 5.73 Å². The molecule has 0 aliphatic rings. The second-order valence-electron chi connectivity index (χ2n) is 3.97. The van der Waals surface area contributed by atoms with Crippen LogP contribution in [0, 0.1) is 11.7 Å². The van der Waals surface area contributed by atoms with E-state index in [0.29, 0.717) is 4.47 Å². The zero-order valence-corrected chi connectivity index (χ0v) is 10.6. The lowest BCUT2D eigenvalue weighted by Crippen LogP contribution is -2.38. The number of hydrogen-bond acceptors (Lipinski definition) is 1. The zero-order valence-electron chi connectivity index (χ0n) is 8.98. The maximum Gasteiger partial charge on any atom is 0.269 e. The van der Waals surface area contributed by atoms with Gasteiger partial charge in [0.1, 0.15) is 5.82 Å². The minimum Gasteiger partial charge on any atom is -0.319 e. The standard InChI is InChI=1S/C11H13BrF3N/c1-6(2)11(14,15)10(16)8-5-7(12)3-4-9(8)13/h3-6,10H,16H2,1-2H3. The molecule has 0 amide bonds. The van der Waals surface area contributed by atoms with Gasteiger partial charge in [-0.05, 0) is 18.2 Å². The molecule has 16 heavy (non-hydrogen) atoms. The topological polar surface area (TPSA) is 26.0 Å². The number of alkyl halides is 2. The van der Waals surface area contributed by atoms with Gasteiger partial charge in [0.15, 0.2) is 0 Å². The lowest BCUT2D eigenvalue weighted by molar-refractivity contribution is -0.0696. The van der Waals surface area contributed by atoms with E-state index in [1.807, 2.05) is 0 Å². The van der Waals surface area contributed by atoms with Crippen LogP contribution in [0.4, 0.5) is 13.2 Å². The van der Waals surface area contributed by atoms with Crippen LogP contribution in [0.1, 0.15) is 25.5 Å². The van der Waals surface area contributed by atoms with Crippen molar-refractivity contribution < 1.29 is 13.2 Å². The van der Waals surface area contributed by atoms with E-state index in [0.717, 1.165) is 6.07 Å². The summed E-state index contributed by atoms with van der Waals surface area (Å²) in [7, 11) is 0. The highest BCUT2D eigenvalue weighted by Crippen LogP contribution is 2.37. The molecule has 90 valence electrons. The SMILES string of the molecule is CC(C)C(F)(F)C(N)c1cc(Br)ccc1F. The first kappa shape index (κ1) is 13.5. The van der Waals surface area contributed by atoms with Gasteiger partial charge in [0.25, 0.3) is 5.92 Å². The smallest absolute Gasteiger partial charge is 0.269 e. The van der Waals surface area contributed by atoms with Crippen LogP contribution in [-0.4, -0.2) is 5.92 Å². The zero-order chi connectivity index (χ0) is 12.5. The molecular weight excluding hydrogens is 283 g/mol. The lowest BCUT2D eigenvalue weighted by atomic mass is 9.93. The van der Waals surface area contributed by atoms with Crippen LogP contribution in [-0.2, 0) is 0 Å². The fourth-order valence-corrected chi connectivity index (χ4v) is 1.70. The Morgan fingerprint density at radius 1 is 1.31 bits per heavy atom. The van der Waals surface area contributed by atoms with E-state index in [9.17, 15) is 13.2 Å². The van der Waals surface area contributed by atoms with E-state index in [1.54, 1.807) is 0 Å². The van der Waals surface area contributed by atoms with Gasteiger partial charge in [-0.2, -0.15) is 0 Å². The average Bonchev–Trinajstić information content (AvgIpc) is 2.20. The molecular formula is C11H13BrF3N. The number of hydrogen-bond donors (Lipinski definition) is 1. The summed E-state index contributed by atoms with van der Waals surface area (Å²) in [5.74, 6) is -4.79. The minimum atomic E-state index is -3.14. The van der Waals surface area contributed by atoms with Crippen molar-refractivity contribution in [2.24, 2.45) is 11.7 Å². The molecule has 1 aromatic carbocycles. The quantitative estimate of drug-likeness (QED) is 0.900.